The number of hydrogen-bond acceptors (Lipinski definition) is 4. The second-order valence-electron chi connectivity index (χ2n) is 8.47. The average Bonchev–Trinajstić information content (AvgIpc) is 3.37. The van der Waals surface area contributed by atoms with Crippen LogP contribution in [-0.4, -0.2) is 38.0 Å². The largest absolute Gasteiger partial charge is 0.534 e. The number of alkyl halides is 3. The number of rotatable bonds is 4. The van der Waals surface area contributed by atoms with Crippen molar-refractivity contribution in [2.75, 3.05) is 13.1 Å². The van der Waals surface area contributed by atoms with Crippen LogP contribution in [0.15, 0.2) is 18.2 Å². The molecule has 0 amide bonds. The molecule has 8 heteroatoms. The SMILES string of the molecule is CC1C2Cc3ccc(OS(=O)(=O)C(F)(F)F)cc3[C@@]1(C)CCN2CC1CC1. The van der Waals surface area contributed by atoms with Crippen molar-refractivity contribution in [1.29, 1.82) is 0 Å². The van der Waals surface area contributed by atoms with E-state index < -0.39 is 15.6 Å². The van der Waals surface area contributed by atoms with Crippen LogP contribution in [0.2, 0.25) is 0 Å². The number of piperidine rings is 1. The molecule has 0 N–H and O–H groups in total. The summed E-state index contributed by atoms with van der Waals surface area (Å²) in [4.78, 5) is 2.57. The van der Waals surface area contributed by atoms with Crippen molar-refractivity contribution >= 4 is 10.1 Å². The van der Waals surface area contributed by atoms with Gasteiger partial charge in [0.2, 0.25) is 0 Å². The fraction of sp³-hybridized carbons (Fsp3) is 0.684. The number of nitrogens with zero attached hydrogens (tertiary/aromatic N) is 1. The molecule has 1 aliphatic heterocycles. The maximum atomic E-state index is 12.6. The van der Waals surface area contributed by atoms with Crippen molar-refractivity contribution in [1.82, 2.24) is 4.90 Å². The summed E-state index contributed by atoms with van der Waals surface area (Å²) < 4.78 is 65.0. The van der Waals surface area contributed by atoms with Crippen molar-refractivity contribution in [3.8, 4) is 5.75 Å². The number of likely N-dealkylation sites (tertiary alicyclic amines) is 1. The highest BCUT2D eigenvalue weighted by Crippen LogP contribution is 2.50. The van der Waals surface area contributed by atoms with E-state index in [4.69, 9.17) is 0 Å². The van der Waals surface area contributed by atoms with Gasteiger partial charge in [-0.2, -0.15) is 21.6 Å². The molecule has 1 heterocycles. The van der Waals surface area contributed by atoms with Crippen LogP contribution in [-0.2, 0) is 22.0 Å². The Morgan fingerprint density at radius 2 is 2.00 bits per heavy atom. The first-order chi connectivity index (χ1) is 12.5. The summed E-state index contributed by atoms with van der Waals surface area (Å²) in [6.07, 6.45) is 4.35. The maximum absolute atomic E-state index is 12.6. The molecule has 0 aromatic heterocycles. The van der Waals surface area contributed by atoms with Crippen molar-refractivity contribution in [2.45, 2.75) is 56.5 Å². The molecule has 0 spiro atoms. The lowest BCUT2D eigenvalue weighted by molar-refractivity contribution is -0.0500. The topological polar surface area (TPSA) is 46.6 Å². The second-order valence-corrected chi connectivity index (χ2v) is 10.0. The molecule has 1 aromatic rings. The first-order valence-electron chi connectivity index (χ1n) is 9.39. The van der Waals surface area contributed by atoms with E-state index in [1.807, 2.05) is 0 Å². The van der Waals surface area contributed by atoms with Gasteiger partial charge in [-0.15, -0.1) is 0 Å². The summed E-state index contributed by atoms with van der Waals surface area (Å²) in [6, 6.07) is 4.99. The Morgan fingerprint density at radius 1 is 1.30 bits per heavy atom. The highest BCUT2D eigenvalue weighted by atomic mass is 32.2. The standard InChI is InChI=1S/C19H24F3NO3S/c1-12-17-9-14-5-6-15(26-27(24,25)19(20,21)22)10-16(14)18(12,2)7-8-23(17)11-13-3-4-13/h5-6,10,12-13,17H,3-4,7-9,11H2,1-2H3/t12?,17?,18-/m0/s1. The minimum absolute atomic E-state index is 0.195. The van der Waals surface area contributed by atoms with E-state index in [0.29, 0.717) is 12.0 Å². The fourth-order valence-corrected chi connectivity index (χ4v) is 5.22. The van der Waals surface area contributed by atoms with E-state index in [2.05, 4.69) is 22.9 Å². The zero-order chi connectivity index (χ0) is 19.6. The summed E-state index contributed by atoms with van der Waals surface area (Å²) >= 11 is 0. The molecule has 2 bridgehead atoms. The monoisotopic (exact) mass is 403 g/mol. The maximum Gasteiger partial charge on any atom is 0.534 e. The van der Waals surface area contributed by atoms with E-state index >= 15 is 0 Å². The first kappa shape index (κ1) is 19.1. The van der Waals surface area contributed by atoms with E-state index in [1.165, 1.54) is 25.0 Å². The minimum Gasteiger partial charge on any atom is -0.376 e. The molecular formula is C19H24F3NO3S. The molecular weight excluding hydrogens is 379 g/mol. The Bertz CT molecular complexity index is 850. The summed E-state index contributed by atoms with van der Waals surface area (Å²) in [5, 5.41) is 0. The van der Waals surface area contributed by atoms with Crippen LogP contribution in [0, 0.1) is 11.8 Å². The van der Waals surface area contributed by atoms with Crippen LogP contribution in [0.25, 0.3) is 0 Å². The van der Waals surface area contributed by atoms with Crippen LogP contribution in [0.3, 0.4) is 0 Å². The van der Waals surface area contributed by atoms with Crippen molar-refractivity contribution in [3.05, 3.63) is 29.3 Å². The quantitative estimate of drug-likeness (QED) is 0.566. The van der Waals surface area contributed by atoms with Crippen LogP contribution >= 0.6 is 0 Å². The highest BCUT2D eigenvalue weighted by Gasteiger charge is 2.50. The fourth-order valence-electron chi connectivity index (χ4n) is 4.77. The van der Waals surface area contributed by atoms with Gasteiger partial charge >= 0.3 is 15.6 Å². The Kier molecular flexibility index (Phi) is 4.31. The predicted octanol–water partition coefficient (Wildman–Crippen LogP) is 3.85. The number of hydrogen-bond donors (Lipinski definition) is 0. The Morgan fingerprint density at radius 3 is 2.63 bits per heavy atom. The number of halogens is 3. The molecule has 150 valence electrons. The third-order valence-electron chi connectivity index (χ3n) is 6.77. The molecule has 3 aliphatic rings. The summed E-state index contributed by atoms with van der Waals surface area (Å²) in [5.74, 6) is 0.886. The molecule has 1 aromatic carbocycles. The Hall–Kier alpha value is -1.28. The molecule has 4 rings (SSSR count). The van der Waals surface area contributed by atoms with E-state index in [9.17, 15) is 21.6 Å². The van der Waals surface area contributed by atoms with Gasteiger partial charge in [-0.1, -0.05) is 19.9 Å². The highest BCUT2D eigenvalue weighted by molar-refractivity contribution is 7.88. The summed E-state index contributed by atoms with van der Waals surface area (Å²) in [6.45, 7) is 6.44. The van der Waals surface area contributed by atoms with E-state index in [-0.39, 0.29) is 11.2 Å². The van der Waals surface area contributed by atoms with Gasteiger partial charge in [-0.05, 0) is 72.7 Å². The van der Waals surface area contributed by atoms with Crippen molar-refractivity contribution < 1.29 is 25.8 Å². The predicted molar refractivity (Wildman–Crippen MR) is 95.0 cm³/mol. The number of fused-ring (bicyclic) bond motifs is 4. The van der Waals surface area contributed by atoms with Gasteiger partial charge in [0, 0.05) is 12.6 Å². The molecule has 1 saturated heterocycles. The van der Waals surface area contributed by atoms with Crippen LogP contribution in [0.5, 0.6) is 5.75 Å². The Balaban J connectivity index is 1.64. The third kappa shape index (κ3) is 3.24. The minimum atomic E-state index is -5.66. The van der Waals surface area contributed by atoms with Crippen molar-refractivity contribution in [3.63, 3.8) is 0 Å². The zero-order valence-corrected chi connectivity index (χ0v) is 16.2. The lowest BCUT2D eigenvalue weighted by Crippen LogP contribution is -2.58. The van der Waals surface area contributed by atoms with E-state index in [1.54, 1.807) is 6.07 Å². The molecule has 4 nitrogen and oxygen atoms in total. The van der Waals surface area contributed by atoms with Gasteiger partial charge in [0.05, 0.1) is 0 Å². The molecule has 2 unspecified atom stereocenters. The van der Waals surface area contributed by atoms with Gasteiger partial charge in [0.15, 0.2) is 0 Å². The smallest absolute Gasteiger partial charge is 0.376 e. The third-order valence-corrected chi connectivity index (χ3v) is 7.75. The van der Waals surface area contributed by atoms with Crippen LogP contribution < -0.4 is 4.18 Å². The molecule has 0 radical (unpaired) electrons. The molecule has 2 aliphatic carbocycles. The lowest BCUT2D eigenvalue weighted by Gasteiger charge is -2.54. The lowest BCUT2D eigenvalue weighted by atomic mass is 9.59. The van der Waals surface area contributed by atoms with Gasteiger partial charge in [-0.25, -0.2) is 0 Å². The van der Waals surface area contributed by atoms with E-state index in [0.717, 1.165) is 43.0 Å². The number of benzene rings is 1. The summed E-state index contributed by atoms with van der Waals surface area (Å²) in [7, 11) is -5.66. The molecule has 2 fully saturated rings. The summed E-state index contributed by atoms with van der Waals surface area (Å²) in [5.41, 5.74) is -3.62. The Labute approximate surface area is 157 Å². The average molecular weight is 403 g/mol. The molecule has 3 atom stereocenters. The normalized spacial score (nSPS) is 31.4. The van der Waals surface area contributed by atoms with Crippen LogP contribution in [0.1, 0.15) is 44.2 Å². The zero-order valence-electron chi connectivity index (χ0n) is 15.4. The van der Waals surface area contributed by atoms with Gasteiger partial charge in [0.25, 0.3) is 0 Å². The van der Waals surface area contributed by atoms with Gasteiger partial charge in [-0.3, -0.25) is 4.90 Å². The van der Waals surface area contributed by atoms with Crippen molar-refractivity contribution in [2.24, 2.45) is 11.8 Å². The van der Waals surface area contributed by atoms with Crippen LogP contribution in [0.4, 0.5) is 13.2 Å². The van der Waals surface area contributed by atoms with Gasteiger partial charge < -0.3 is 4.18 Å². The second kappa shape index (κ2) is 6.11. The molecule has 1 saturated carbocycles. The molecule has 27 heavy (non-hydrogen) atoms. The van der Waals surface area contributed by atoms with Gasteiger partial charge in [0.1, 0.15) is 5.75 Å². The first-order valence-corrected chi connectivity index (χ1v) is 10.8.